The molecular weight excluding hydrogens is 212 g/mol. The molecule has 0 N–H and O–H groups in total. The number of rotatable bonds is 4. The summed E-state index contributed by atoms with van der Waals surface area (Å²) in [5.74, 6) is 0. The average Bonchev–Trinajstić information content (AvgIpc) is 2.61. The van der Waals surface area contributed by atoms with Crippen molar-refractivity contribution in [2.75, 3.05) is 0 Å². The number of para-hydroxylation sites is 2. The lowest BCUT2D eigenvalue weighted by Crippen LogP contribution is -2.26. The number of aryl methyl sites for hydroxylation is 1. The first-order chi connectivity index (χ1) is 8.20. The molecule has 0 aliphatic heterocycles. The summed E-state index contributed by atoms with van der Waals surface area (Å²) in [6.45, 7) is 7.02. The molecule has 0 amide bonds. The van der Waals surface area contributed by atoms with Gasteiger partial charge in [-0.25, -0.2) is 4.79 Å². The Balaban J connectivity index is 2.70. The third-order valence-corrected chi connectivity index (χ3v) is 3.33. The van der Waals surface area contributed by atoms with Crippen molar-refractivity contribution >= 4 is 11.0 Å². The second-order valence-corrected chi connectivity index (χ2v) is 4.52. The van der Waals surface area contributed by atoms with Gasteiger partial charge in [0.15, 0.2) is 0 Å². The molecule has 0 bridgehead atoms. The van der Waals surface area contributed by atoms with Crippen LogP contribution in [-0.4, -0.2) is 9.13 Å². The minimum Gasteiger partial charge on any atom is -0.292 e. The van der Waals surface area contributed by atoms with E-state index < -0.39 is 0 Å². The van der Waals surface area contributed by atoms with Gasteiger partial charge in [-0.05, 0) is 32.4 Å². The molecule has 1 atom stereocenters. The van der Waals surface area contributed by atoms with E-state index >= 15 is 0 Å². The summed E-state index contributed by atoms with van der Waals surface area (Å²) < 4.78 is 3.78. The SMILES string of the molecule is CCCC(C)n1c(=O)n(CC)c2ccccc21. The first kappa shape index (κ1) is 12.0. The third kappa shape index (κ3) is 1.90. The van der Waals surface area contributed by atoms with Gasteiger partial charge < -0.3 is 0 Å². The van der Waals surface area contributed by atoms with Gasteiger partial charge in [-0.3, -0.25) is 9.13 Å². The number of hydrogen-bond donors (Lipinski definition) is 0. The Morgan fingerprint density at radius 2 is 1.82 bits per heavy atom. The molecule has 1 aromatic carbocycles. The minimum atomic E-state index is 0.120. The van der Waals surface area contributed by atoms with Gasteiger partial charge in [0.25, 0.3) is 0 Å². The first-order valence-electron chi connectivity index (χ1n) is 6.40. The number of benzene rings is 1. The Kier molecular flexibility index (Phi) is 3.36. The van der Waals surface area contributed by atoms with Crippen molar-refractivity contribution in [1.82, 2.24) is 9.13 Å². The van der Waals surface area contributed by atoms with Crippen LogP contribution < -0.4 is 5.69 Å². The number of hydrogen-bond acceptors (Lipinski definition) is 1. The molecule has 2 aromatic rings. The summed E-state index contributed by atoms with van der Waals surface area (Å²) in [4.78, 5) is 12.4. The summed E-state index contributed by atoms with van der Waals surface area (Å²) in [7, 11) is 0. The highest BCUT2D eigenvalue weighted by Gasteiger charge is 2.15. The Hall–Kier alpha value is -1.51. The van der Waals surface area contributed by atoms with E-state index in [1.807, 2.05) is 40.3 Å². The molecule has 0 fully saturated rings. The van der Waals surface area contributed by atoms with Crippen molar-refractivity contribution in [3.8, 4) is 0 Å². The zero-order valence-corrected chi connectivity index (χ0v) is 10.8. The Morgan fingerprint density at radius 3 is 2.41 bits per heavy atom. The van der Waals surface area contributed by atoms with Gasteiger partial charge in [-0.2, -0.15) is 0 Å². The van der Waals surface area contributed by atoms with Gasteiger partial charge in [-0.1, -0.05) is 25.5 Å². The van der Waals surface area contributed by atoms with Crippen LogP contribution in [0.25, 0.3) is 11.0 Å². The summed E-state index contributed by atoms with van der Waals surface area (Å²) in [6.07, 6.45) is 2.14. The van der Waals surface area contributed by atoms with E-state index in [9.17, 15) is 4.79 Å². The molecule has 92 valence electrons. The topological polar surface area (TPSA) is 26.9 Å². The zero-order valence-electron chi connectivity index (χ0n) is 10.8. The second-order valence-electron chi connectivity index (χ2n) is 4.52. The predicted molar refractivity (Wildman–Crippen MR) is 71.5 cm³/mol. The minimum absolute atomic E-state index is 0.120. The van der Waals surface area contributed by atoms with Crippen LogP contribution in [0.2, 0.25) is 0 Å². The third-order valence-electron chi connectivity index (χ3n) is 3.33. The Bertz CT molecular complexity index is 565. The van der Waals surface area contributed by atoms with E-state index in [4.69, 9.17) is 0 Å². The quantitative estimate of drug-likeness (QED) is 0.795. The lowest BCUT2D eigenvalue weighted by Gasteiger charge is -2.11. The number of fused-ring (bicyclic) bond motifs is 1. The van der Waals surface area contributed by atoms with Crippen LogP contribution in [-0.2, 0) is 6.54 Å². The molecule has 1 heterocycles. The second kappa shape index (κ2) is 4.78. The van der Waals surface area contributed by atoms with Gasteiger partial charge in [0, 0.05) is 12.6 Å². The first-order valence-corrected chi connectivity index (χ1v) is 6.40. The van der Waals surface area contributed by atoms with Crippen LogP contribution in [0, 0.1) is 0 Å². The molecule has 0 radical (unpaired) electrons. The molecule has 0 aliphatic rings. The lowest BCUT2D eigenvalue weighted by molar-refractivity contribution is 0.489. The van der Waals surface area contributed by atoms with E-state index in [0.717, 1.165) is 30.4 Å². The smallest absolute Gasteiger partial charge is 0.292 e. The van der Waals surface area contributed by atoms with Crippen LogP contribution in [0.3, 0.4) is 0 Å². The van der Waals surface area contributed by atoms with Gasteiger partial charge in [0.05, 0.1) is 11.0 Å². The average molecular weight is 232 g/mol. The van der Waals surface area contributed by atoms with E-state index in [2.05, 4.69) is 13.8 Å². The van der Waals surface area contributed by atoms with Crippen molar-refractivity contribution in [3.63, 3.8) is 0 Å². The van der Waals surface area contributed by atoms with Crippen LogP contribution in [0.15, 0.2) is 29.1 Å². The van der Waals surface area contributed by atoms with Crippen molar-refractivity contribution in [2.45, 2.75) is 46.2 Å². The molecule has 3 nitrogen and oxygen atoms in total. The van der Waals surface area contributed by atoms with Crippen LogP contribution in [0.1, 0.15) is 39.7 Å². The molecule has 0 aliphatic carbocycles. The van der Waals surface area contributed by atoms with E-state index in [1.54, 1.807) is 0 Å². The monoisotopic (exact) mass is 232 g/mol. The molecule has 0 saturated carbocycles. The Morgan fingerprint density at radius 1 is 1.18 bits per heavy atom. The largest absolute Gasteiger partial charge is 0.329 e. The predicted octanol–water partition coefficient (Wildman–Crippen LogP) is 3.18. The maximum absolute atomic E-state index is 12.4. The molecule has 1 aromatic heterocycles. The highest BCUT2D eigenvalue weighted by atomic mass is 16.1. The summed E-state index contributed by atoms with van der Waals surface area (Å²) in [6, 6.07) is 8.31. The van der Waals surface area contributed by atoms with Gasteiger partial charge in [-0.15, -0.1) is 0 Å². The molecule has 3 heteroatoms. The molecular formula is C14H20N2O. The van der Waals surface area contributed by atoms with Crippen molar-refractivity contribution in [2.24, 2.45) is 0 Å². The fraction of sp³-hybridized carbons (Fsp3) is 0.500. The summed E-state index contributed by atoms with van der Waals surface area (Å²) >= 11 is 0. The van der Waals surface area contributed by atoms with Crippen molar-refractivity contribution in [3.05, 3.63) is 34.7 Å². The summed E-state index contributed by atoms with van der Waals surface area (Å²) in [5, 5.41) is 0. The molecule has 0 spiro atoms. The molecule has 0 saturated heterocycles. The maximum Gasteiger partial charge on any atom is 0.329 e. The molecule has 2 rings (SSSR count). The maximum atomic E-state index is 12.4. The van der Waals surface area contributed by atoms with Gasteiger partial charge >= 0.3 is 5.69 Å². The Labute approximate surface area is 102 Å². The van der Waals surface area contributed by atoms with Gasteiger partial charge in [0.2, 0.25) is 0 Å². The van der Waals surface area contributed by atoms with Crippen LogP contribution >= 0.6 is 0 Å². The highest BCUT2D eigenvalue weighted by molar-refractivity contribution is 5.76. The van der Waals surface area contributed by atoms with Crippen LogP contribution in [0.5, 0.6) is 0 Å². The van der Waals surface area contributed by atoms with Crippen molar-refractivity contribution < 1.29 is 0 Å². The fourth-order valence-corrected chi connectivity index (χ4v) is 2.51. The normalized spacial score (nSPS) is 13.1. The molecule has 17 heavy (non-hydrogen) atoms. The van der Waals surface area contributed by atoms with Gasteiger partial charge in [0.1, 0.15) is 0 Å². The van der Waals surface area contributed by atoms with Crippen molar-refractivity contribution in [1.29, 1.82) is 0 Å². The van der Waals surface area contributed by atoms with E-state index in [0.29, 0.717) is 0 Å². The summed E-state index contributed by atoms with van der Waals surface area (Å²) in [5.41, 5.74) is 2.22. The van der Waals surface area contributed by atoms with E-state index in [-0.39, 0.29) is 11.7 Å². The fourth-order valence-electron chi connectivity index (χ4n) is 2.51. The van der Waals surface area contributed by atoms with Crippen LogP contribution in [0.4, 0.5) is 0 Å². The molecule has 1 unspecified atom stereocenters. The number of nitrogens with zero attached hydrogens (tertiary/aromatic N) is 2. The zero-order chi connectivity index (χ0) is 12.4. The highest BCUT2D eigenvalue weighted by Crippen LogP contribution is 2.19. The van der Waals surface area contributed by atoms with E-state index in [1.165, 1.54) is 0 Å². The lowest BCUT2D eigenvalue weighted by atomic mass is 10.2. The number of imidazole rings is 1. The standard InChI is InChI=1S/C14H20N2O/c1-4-8-11(3)16-13-10-7-6-9-12(13)15(5-2)14(16)17/h6-7,9-11H,4-5,8H2,1-3H3. The number of aromatic nitrogens is 2.